The largest absolute Gasteiger partial charge is 0.487 e. The number of amides is 1. The van der Waals surface area contributed by atoms with Crippen molar-refractivity contribution in [3.63, 3.8) is 0 Å². The van der Waals surface area contributed by atoms with Crippen molar-refractivity contribution in [2.24, 2.45) is 5.73 Å². The number of nitrogen functional groups attached to an aromatic ring is 1. The van der Waals surface area contributed by atoms with Gasteiger partial charge in [0.15, 0.2) is 0 Å². The van der Waals surface area contributed by atoms with Gasteiger partial charge in [-0.3, -0.25) is 4.79 Å². The maximum absolute atomic E-state index is 13.5. The zero-order chi connectivity index (χ0) is 15.2. The van der Waals surface area contributed by atoms with E-state index in [4.69, 9.17) is 16.2 Å². The smallest absolute Gasteiger partial charge is 0.241 e. The van der Waals surface area contributed by atoms with Crippen molar-refractivity contribution in [1.29, 1.82) is 0 Å². The molecule has 0 aliphatic heterocycles. The van der Waals surface area contributed by atoms with Gasteiger partial charge in [-0.15, -0.1) is 0 Å². The van der Waals surface area contributed by atoms with Crippen molar-refractivity contribution in [3.05, 3.63) is 65.5 Å². The number of rotatable bonds is 5. The highest BCUT2D eigenvalue weighted by Gasteiger charge is 2.04. The first-order valence-corrected chi connectivity index (χ1v) is 6.29. The van der Waals surface area contributed by atoms with Crippen LogP contribution in [-0.4, -0.2) is 5.91 Å². The third-order valence-corrected chi connectivity index (χ3v) is 2.81. The number of hydrogen-bond donors (Lipinski definition) is 2. The van der Waals surface area contributed by atoms with Crippen LogP contribution in [0.2, 0.25) is 0 Å². The van der Waals surface area contributed by atoms with Crippen LogP contribution in [0.25, 0.3) is 6.08 Å². The number of anilines is 1. The van der Waals surface area contributed by atoms with E-state index in [0.717, 1.165) is 5.56 Å². The molecular formula is C16H15FN2O2. The second kappa shape index (κ2) is 6.56. The van der Waals surface area contributed by atoms with Crippen LogP contribution in [0.4, 0.5) is 10.1 Å². The molecule has 0 aliphatic carbocycles. The molecular weight excluding hydrogens is 271 g/mol. The third kappa shape index (κ3) is 4.07. The first-order valence-electron chi connectivity index (χ1n) is 6.29. The Morgan fingerprint density at radius 2 is 2.00 bits per heavy atom. The lowest BCUT2D eigenvalue weighted by Gasteiger charge is -2.10. The third-order valence-electron chi connectivity index (χ3n) is 2.81. The summed E-state index contributed by atoms with van der Waals surface area (Å²) in [7, 11) is 0. The fourth-order valence-corrected chi connectivity index (χ4v) is 1.75. The van der Waals surface area contributed by atoms with Crippen LogP contribution in [0.15, 0.2) is 48.5 Å². The van der Waals surface area contributed by atoms with Crippen LogP contribution in [0.5, 0.6) is 5.75 Å². The summed E-state index contributed by atoms with van der Waals surface area (Å²) in [5.74, 6) is -0.403. The molecule has 0 atom stereocenters. The Kier molecular flexibility index (Phi) is 4.56. The average Bonchev–Trinajstić information content (AvgIpc) is 2.45. The van der Waals surface area contributed by atoms with Gasteiger partial charge in [-0.05, 0) is 29.8 Å². The normalized spacial score (nSPS) is 10.7. The fraction of sp³-hybridized carbons (Fsp3) is 0.0625. The van der Waals surface area contributed by atoms with Crippen LogP contribution in [-0.2, 0) is 11.4 Å². The number of halogens is 1. The number of nitrogens with two attached hydrogens (primary N) is 2. The van der Waals surface area contributed by atoms with Crippen LogP contribution in [0.3, 0.4) is 0 Å². The zero-order valence-electron chi connectivity index (χ0n) is 11.3. The molecule has 0 spiro atoms. The molecule has 0 heterocycles. The van der Waals surface area contributed by atoms with Gasteiger partial charge in [-0.1, -0.05) is 24.3 Å². The van der Waals surface area contributed by atoms with Gasteiger partial charge in [-0.2, -0.15) is 0 Å². The number of benzene rings is 2. The fourth-order valence-electron chi connectivity index (χ4n) is 1.75. The van der Waals surface area contributed by atoms with Gasteiger partial charge >= 0.3 is 0 Å². The zero-order valence-corrected chi connectivity index (χ0v) is 11.3. The number of primary amides is 1. The van der Waals surface area contributed by atoms with E-state index in [9.17, 15) is 9.18 Å². The quantitative estimate of drug-likeness (QED) is 0.654. The second-order valence-corrected chi connectivity index (χ2v) is 4.41. The van der Waals surface area contributed by atoms with Crippen LogP contribution >= 0.6 is 0 Å². The highest BCUT2D eigenvalue weighted by molar-refractivity contribution is 5.90. The lowest BCUT2D eigenvalue weighted by Crippen LogP contribution is -2.05. The maximum Gasteiger partial charge on any atom is 0.241 e. The first kappa shape index (κ1) is 14.6. The molecule has 2 rings (SSSR count). The summed E-state index contributed by atoms with van der Waals surface area (Å²) in [6.45, 7) is 0.0906. The predicted octanol–water partition coefficient (Wildman–Crippen LogP) is 2.49. The molecule has 0 radical (unpaired) electrons. The summed E-state index contributed by atoms with van der Waals surface area (Å²) >= 11 is 0. The Balaban J connectivity index is 2.08. The van der Waals surface area contributed by atoms with E-state index in [1.54, 1.807) is 42.5 Å². The average molecular weight is 286 g/mol. The monoisotopic (exact) mass is 286 g/mol. The second-order valence-electron chi connectivity index (χ2n) is 4.41. The van der Waals surface area contributed by atoms with Gasteiger partial charge in [0.1, 0.15) is 18.2 Å². The van der Waals surface area contributed by atoms with E-state index in [2.05, 4.69) is 0 Å². The molecule has 1 amide bonds. The van der Waals surface area contributed by atoms with Crippen molar-refractivity contribution in [2.75, 3.05) is 5.73 Å². The summed E-state index contributed by atoms with van der Waals surface area (Å²) < 4.78 is 19.0. The van der Waals surface area contributed by atoms with Crippen LogP contribution < -0.4 is 16.2 Å². The Morgan fingerprint density at radius 3 is 2.67 bits per heavy atom. The van der Waals surface area contributed by atoms with Gasteiger partial charge in [0.25, 0.3) is 0 Å². The molecule has 0 unspecified atom stereocenters. The summed E-state index contributed by atoms with van der Waals surface area (Å²) in [6.07, 6.45) is 2.80. The highest BCUT2D eigenvalue weighted by atomic mass is 19.1. The molecule has 4 nitrogen and oxygen atoms in total. The predicted molar refractivity (Wildman–Crippen MR) is 79.8 cm³/mol. The molecule has 2 aromatic carbocycles. The molecule has 0 saturated carbocycles. The van der Waals surface area contributed by atoms with E-state index in [0.29, 0.717) is 17.0 Å². The van der Waals surface area contributed by atoms with Crippen molar-refractivity contribution in [3.8, 4) is 5.75 Å². The molecule has 0 fully saturated rings. The molecule has 0 bridgehead atoms. The molecule has 0 aliphatic rings. The minimum absolute atomic E-state index is 0.0906. The Bertz CT molecular complexity index is 684. The van der Waals surface area contributed by atoms with E-state index in [-0.39, 0.29) is 12.4 Å². The Hall–Kier alpha value is -2.82. The van der Waals surface area contributed by atoms with Crippen molar-refractivity contribution >= 4 is 17.7 Å². The topological polar surface area (TPSA) is 78.3 Å². The van der Waals surface area contributed by atoms with E-state index in [1.807, 2.05) is 0 Å². The number of carbonyl (C=O) groups excluding carboxylic acids is 1. The summed E-state index contributed by atoms with van der Waals surface area (Å²) in [5, 5.41) is 0. The lowest BCUT2D eigenvalue weighted by molar-refractivity contribution is -0.113. The van der Waals surface area contributed by atoms with Gasteiger partial charge in [0.2, 0.25) is 5.91 Å². The highest BCUT2D eigenvalue weighted by Crippen LogP contribution is 2.24. The van der Waals surface area contributed by atoms with Crippen molar-refractivity contribution in [2.45, 2.75) is 6.61 Å². The maximum atomic E-state index is 13.5. The van der Waals surface area contributed by atoms with E-state index >= 15 is 0 Å². The summed E-state index contributed by atoms with van der Waals surface area (Å²) in [5.41, 5.74) is 12.5. The molecule has 0 aromatic heterocycles. The minimum atomic E-state index is -0.534. The van der Waals surface area contributed by atoms with Crippen molar-refractivity contribution in [1.82, 2.24) is 0 Å². The number of carbonyl (C=O) groups is 1. The lowest BCUT2D eigenvalue weighted by atomic mass is 10.1. The van der Waals surface area contributed by atoms with Crippen LogP contribution in [0, 0.1) is 5.82 Å². The number of hydrogen-bond acceptors (Lipinski definition) is 3. The number of ether oxygens (including phenoxy) is 1. The molecule has 21 heavy (non-hydrogen) atoms. The molecule has 108 valence electrons. The molecule has 2 aromatic rings. The van der Waals surface area contributed by atoms with Crippen molar-refractivity contribution < 1.29 is 13.9 Å². The minimum Gasteiger partial charge on any atom is -0.487 e. The molecule has 0 saturated heterocycles. The van der Waals surface area contributed by atoms with E-state index in [1.165, 1.54) is 12.1 Å². The van der Waals surface area contributed by atoms with Gasteiger partial charge in [0.05, 0.1) is 5.69 Å². The van der Waals surface area contributed by atoms with Crippen LogP contribution in [0.1, 0.15) is 11.1 Å². The van der Waals surface area contributed by atoms with E-state index < -0.39 is 5.91 Å². The summed E-state index contributed by atoms with van der Waals surface area (Å²) in [6, 6.07) is 11.4. The SMILES string of the molecule is NC(=O)/C=C\c1ccc(OCc2ccccc2F)c(N)c1. The van der Waals surface area contributed by atoms with Gasteiger partial charge in [-0.25, -0.2) is 4.39 Å². The summed E-state index contributed by atoms with van der Waals surface area (Å²) in [4.78, 5) is 10.7. The Labute approximate surface area is 121 Å². The Morgan fingerprint density at radius 1 is 1.24 bits per heavy atom. The standard InChI is InChI=1S/C16H15FN2O2/c17-13-4-2-1-3-12(13)10-21-15-7-5-11(9-14(15)18)6-8-16(19)20/h1-9H,10,18H2,(H2,19,20)/b8-6-. The van der Waals surface area contributed by atoms with Gasteiger partial charge < -0.3 is 16.2 Å². The molecule has 4 N–H and O–H groups in total. The van der Waals surface area contributed by atoms with Gasteiger partial charge in [0, 0.05) is 11.6 Å². The molecule has 5 heteroatoms. The first-order chi connectivity index (χ1) is 10.1.